The Morgan fingerprint density at radius 1 is 1.39 bits per heavy atom. The number of nitrogens with zero attached hydrogens (tertiary/aromatic N) is 3. The van der Waals surface area contributed by atoms with E-state index in [4.69, 9.17) is 5.73 Å². The molecule has 0 spiro atoms. The molecule has 2 rings (SSSR count). The van der Waals surface area contributed by atoms with Crippen LogP contribution in [0.1, 0.15) is 15.9 Å². The van der Waals surface area contributed by atoms with Gasteiger partial charge in [0.05, 0.1) is 5.56 Å². The number of aryl methyl sites for hydroxylation is 2. The van der Waals surface area contributed by atoms with Crippen LogP contribution in [-0.2, 0) is 7.05 Å². The van der Waals surface area contributed by atoms with Gasteiger partial charge in [-0.1, -0.05) is 0 Å². The zero-order chi connectivity index (χ0) is 17.4. The third-order valence-corrected chi connectivity index (χ3v) is 3.03. The van der Waals surface area contributed by atoms with Crippen molar-refractivity contribution < 1.29 is 22.4 Å². The molecule has 0 saturated heterocycles. The van der Waals surface area contributed by atoms with Crippen molar-refractivity contribution in [2.24, 2.45) is 7.05 Å². The Morgan fingerprint density at radius 2 is 2.04 bits per heavy atom. The largest absolute Gasteiger partial charge is 0.405 e. The molecule has 1 heterocycles. The summed E-state index contributed by atoms with van der Waals surface area (Å²) in [6, 6.07) is 2.17. The zero-order valence-electron chi connectivity index (χ0n) is 12.2. The van der Waals surface area contributed by atoms with Gasteiger partial charge in [0.1, 0.15) is 12.4 Å². The molecule has 6 nitrogen and oxygen atoms in total. The van der Waals surface area contributed by atoms with Gasteiger partial charge in [0, 0.05) is 12.6 Å². The molecule has 1 amide bonds. The van der Waals surface area contributed by atoms with Crippen LogP contribution in [0.2, 0.25) is 0 Å². The quantitative estimate of drug-likeness (QED) is 0.840. The number of carbonyl (C=O) groups is 1. The van der Waals surface area contributed by atoms with Gasteiger partial charge in [-0.2, -0.15) is 18.2 Å². The van der Waals surface area contributed by atoms with Crippen molar-refractivity contribution in [1.29, 1.82) is 0 Å². The first-order valence-corrected chi connectivity index (χ1v) is 6.40. The van der Waals surface area contributed by atoms with E-state index < -0.39 is 24.4 Å². The van der Waals surface area contributed by atoms with Crippen LogP contribution in [0.15, 0.2) is 12.1 Å². The lowest BCUT2D eigenvalue weighted by molar-refractivity contribution is -0.123. The Bertz CT molecular complexity index is 754. The van der Waals surface area contributed by atoms with E-state index in [-0.39, 0.29) is 28.5 Å². The lowest BCUT2D eigenvalue weighted by Crippen LogP contribution is -2.34. The first-order chi connectivity index (χ1) is 10.6. The number of aromatic nitrogens is 3. The molecule has 0 atom stereocenters. The summed E-state index contributed by atoms with van der Waals surface area (Å²) < 4.78 is 51.9. The van der Waals surface area contributed by atoms with Gasteiger partial charge in [-0.3, -0.25) is 4.79 Å². The number of nitrogen functional groups attached to an aromatic ring is 1. The van der Waals surface area contributed by atoms with E-state index in [1.165, 1.54) is 18.7 Å². The molecule has 0 bridgehead atoms. The van der Waals surface area contributed by atoms with Gasteiger partial charge < -0.3 is 11.1 Å². The molecule has 3 N–H and O–H groups in total. The molecule has 0 aliphatic carbocycles. The predicted octanol–water partition coefficient (Wildman–Crippen LogP) is 1.80. The summed E-state index contributed by atoms with van der Waals surface area (Å²) >= 11 is 0. The highest BCUT2D eigenvalue weighted by atomic mass is 19.4. The minimum Gasteiger partial charge on any atom is -0.366 e. The summed E-state index contributed by atoms with van der Waals surface area (Å²) in [6.45, 7) is -0.0602. The van der Waals surface area contributed by atoms with Crippen LogP contribution in [0.5, 0.6) is 0 Å². The number of halogens is 4. The number of amides is 1. The molecular formula is C13H13F4N5O. The Balaban J connectivity index is 2.40. The molecule has 0 unspecified atom stereocenters. The molecule has 0 aliphatic heterocycles. The fraction of sp³-hybridized carbons (Fsp3) is 0.308. The van der Waals surface area contributed by atoms with Crippen LogP contribution < -0.4 is 11.1 Å². The Hall–Kier alpha value is -2.65. The van der Waals surface area contributed by atoms with Crippen molar-refractivity contribution in [2.75, 3.05) is 12.3 Å². The molecule has 0 fully saturated rings. The van der Waals surface area contributed by atoms with Gasteiger partial charge >= 0.3 is 6.18 Å². The number of alkyl halides is 3. The second kappa shape index (κ2) is 5.86. The lowest BCUT2D eigenvalue weighted by Gasteiger charge is -2.12. The van der Waals surface area contributed by atoms with E-state index in [0.29, 0.717) is 0 Å². The van der Waals surface area contributed by atoms with Gasteiger partial charge in [0.2, 0.25) is 5.95 Å². The third-order valence-electron chi connectivity index (χ3n) is 3.03. The second-order valence-corrected chi connectivity index (χ2v) is 4.86. The van der Waals surface area contributed by atoms with Crippen LogP contribution in [0.3, 0.4) is 0 Å². The third kappa shape index (κ3) is 3.76. The highest BCUT2D eigenvalue weighted by molar-refractivity contribution is 5.96. The predicted molar refractivity (Wildman–Crippen MR) is 73.9 cm³/mol. The zero-order valence-corrected chi connectivity index (χ0v) is 12.2. The van der Waals surface area contributed by atoms with Crippen LogP contribution in [-0.4, -0.2) is 33.4 Å². The van der Waals surface area contributed by atoms with Crippen molar-refractivity contribution in [3.63, 3.8) is 0 Å². The fourth-order valence-corrected chi connectivity index (χ4v) is 2.00. The number of hydrogen-bond donors (Lipinski definition) is 2. The van der Waals surface area contributed by atoms with Gasteiger partial charge in [-0.05, 0) is 24.6 Å². The summed E-state index contributed by atoms with van der Waals surface area (Å²) in [4.78, 5) is 15.7. The minimum absolute atomic E-state index is 0.0601. The van der Waals surface area contributed by atoms with E-state index >= 15 is 0 Å². The maximum Gasteiger partial charge on any atom is 0.405 e. The monoisotopic (exact) mass is 331 g/mol. The summed E-state index contributed by atoms with van der Waals surface area (Å²) in [5, 5.41) is 5.51. The number of nitrogens with two attached hydrogens (primary N) is 1. The molecule has 2 aromatic rings. The van der Waals surface area contributed by atoms with E-state index in [1.54, 1.807) is 5.32 Å². The average Bonchev–Trinajstić information content (AvgIpc) is 2.74. The standard InChI is InChI=1S/C13H13F4N5O/c1-6-3-9(14)8(10-20-12(18)21-22(10)2)4-7(6)11(23)19-5-13(15,16)17/h3-4H,5H2,1-2H3,(H2,18,21)(H,19,23). The molecule has 0 saturated carbocycles. The topological polar surface area (TPSA) is 85.8 Å². The van der Waals surface area contributed by atoms with E-state index in [9.17, 15) is 22.4 Å². The number of carbonyl (C=O) groups excluding carboxylic acids is 1. The van der Waals surface area contributed by atoms with Gasteiger partial charge in [0.25, 0.3) is 5.91 Å². The summed E-state index contributed by atoms with van der Waals surface area (Å²) in [5.74, 6) is -1.68. The first kappa shape index (κ1) is 16.7. The molecule has 1 aromatic carbocycles. The van der Waals surface area contributed by atoms with E-state index in [1.807, 2.05) is 0 Å². The fourth-order valence-electron chi connectivity index (χ4n) is 2.00. The number of anilines is 1. The number of benzene rings is 1. The summed E-state index contributed by atoms with van der Waals surface area (Å²) in [5.41, 5.74) is 5.44. The van der Waals surface area contributed by atoms with Crippen LogP contribution in [0.25, 0.3) is 11.4 Å². The van der Waals surface area contributed by atoms with Crippen molar-refractivity contribution in [3.05, 3.63) is 29.1 Å². The Kier molecular flexibility index (Phi) is 4.26. The highest BCUT2D eigenvalue weighted by Gasteiger charge is 2.28. The average molecular weight is 331 g/mol. The second-order valence-electron chi connectivity index (χ2n) is 4.86. The number of rotatable bonds is 3. The van der Waals surface area contributed by atoms with E-state index in [2.05, 4.69) is 10.1 Å². The highest BCUT2D eigenvalue weighted by Crippen LogP contribution is 2.25. The van der Waals surface area contributed by atoms with Gasteiger partial charge in [-0.15, -0.1) is 5.10 Å². The SMILES string of the molecule is Cc1cc(F)c(-c2nc(N)nn2C)cc1C(=O)NCC(F)(F)F. The van der Waals surface area contributed by atoms with Crippen molar-refractivity contribution in [3.8, 4) is 11.4 Å². The molecule has 23 heavy (non-hydrogen) atoms. The van der Waals surface area contributed by atoms with Crippen molar-refractivity contribution in [2.45, 2.75) is 13.1 Å². The van der Waals surface area contributed by atoms with Crippen LogP contribution >= 0.6 is 0 Å². The Morgan fingerprint density at radius 3 is 2.57 bits per heavy atom. The van der Waals surface area contributed by atoms with Gasteiger partial charge in [0.15, 0.2) is 5.82 Å². The smallest absolute Gasteiger partial charge is 0.366 e. The molecule has 0 aliphatic rings. The molecular weight excluding hydrogens is 318 g/mol. The Labute approximate surface area is 128 Å². The normalized spacial score (nSPS) is 11.6. The number of nitrogens with one attached hydrogen (secondary N) is 1. The van der Waals surface area contributed by atoms with Crippen LogP contribution in [0.4, 0.5) is 23.5 Å². The maximum absolute atomic E-state index is 14.1. The number of hydrogen-bond acceptors (Lipinski definition) is 4. The van der Waals surface area contributed by atoms with Crippen molar-refractivity contribution in [1.82, 2.24) is 20.1 Å². The van der Waals surface area contributed by atoms with E-state index in [0.717, 1.165) is 12.1 Å². The van der Waals surface area contributed by atoms with Crippen LogP contribution in [0, 0.1) is 12.7 Å². The summed E-state index contributed by atoms with van der Waals surface area (Å²) in [6.07, 6.45) is -4.54. The van der Waals surface area contributed by atoms with Gasteiger partial charge in [-0.25, -0.2) is 9.07 Å². The minimum atomic E-state index is -4.54. The maximum atomic E-state index is 14.1. The molecule has 124 valence electrons. The molecule has 1 aromatic heterocycles. The lowest BCUT2D eigenvalue weighted by atomic mass is 10.0. The summed E-state index contributed by atoms with van der Waals surface area (Å²) in [7, 11) is 1.47. The molecule has 0 radical (unpaired) electrons. The first-order valence-electron chi connectivity index (χ1n) is 6.40. The van der Waals surface area contributed by atoms with Crippen molar-refractivity contribution >= 4 is 11.9 Å². The molecule has 10 heteroatoms.